The second-order valence-electron chi connectivity index (χ2n) is 5.14. The maximum atomic E-state index is 12.8. The fourth-order valence-electron chi connectivity index (χ4n) is 2.39. The zero-order valence-corrected chi connectivity index (χ0v) is 11.4. The predicted molar refractivity (Wildman–Crippen MR) is 73.4 cm³/mol. The van der Waals surface area contributed by atoms with E-state index in [1.54, 1.807) is 17.0 Å². The van der Waals surface area contributed by atoms with Crippen LogP contribution in [0.4, 0.5) is 4.39 Å². The van der Waals surface area contributed by atoms with Gasteiger partial charge >= 0.3 is 0 Å². The van der Waals surface area contributed by atoms with E-state index in [4.69, 9.17) is 0 Å². The smallest absolute Gasteiger partial charge is 0.239 e. The first-order valence-electron chi connectivity index (χ1n) is 6.89. The average Bonchev–Trinajstić information content (AvgIpc) is 2.46. The lowest BCUT2D eigenvalue weighted by Gasteiger charge is -2.27. The van der Waals surface area contributed by atoms with Gasteiger partial charge in [-0.15, -0.1) is 0 Å². The van der Waals surface area contributed by atoms with Crippen LogP contribution in [0.1, 0.15) is 24.8 Å². The molecule has 3 nitrogen and oxygen atoms in total. The van der Waals surface area contributed by atoms with Gasteiger partial charge in [0.25, 0.3) is 0 Å². The summed E-state index contributed by atoms with van der Waals surface area (Å²) in [5.74, 6) is -0.0543. The summed E-state index contributed by atoms with van der Waals surface area (Å²) in [6, 6.07) is 6.44. The number of nitrogens with one attached hydrogen (secondary N) is 1. The van der Waals surface area contributed by atoms with Crippen molar-refractivity contribution in [1.29, 1.82) is 0 Å². The number of likely N-dealkylation sites (N-methyl/N-ethyl adjacent to an activating group) is 1. The highest BCUT2D eigenvalue weighted by molar-refractivity contribution is 5.81. The first kappa shape index (κ1) is 14.0. The Hall–Kier alpha value is -1.42. The summed E-state index contributed by atoms with van der Waals surface area (Å²) in [5.41, 5.74) is 1.05. The van der Waals surface area contributed by atoms with E-state index in [9.17, 15) is 9.18 Å². The van der Waals surface area contributed by atoms with Gasteiger partial charge in [-0.25, -0.2) is 4.39 Å². The predicted octanol–water partition coefficient (Wildman–Crippen LogP) is 1.97. The number of halogens is 1. The molecular weight excluding hydrogens is 243 g/mol. The van der Waals surface area contributed by atoms with Gasteiger partial charge in [-0.2, -0.15) is 0 Å². The van der Waals surface area contributed by atoms with E-state index in [1.165, 1.54) is 12.1 Å². The SMILES string of the molecule is CN(CCc1ccc(F)cc1)C(=O)C1CCCCN1. The fraction of sp³-hybridized carbons (Fsp3) is 0.533. The normalized spacial score (nSPS) is 19.2. The van der Waals surface area contributed by atoms with E-state index in [-0.39, 0.29) is 17.8 Å². The lowest BCUT2D eigenvalue weighted by molar-refractivity contribution is -0.132. The van der Waals surface area contributed by atoms with E-state index >= 15 is 0 Å². The third kappa shape index (κ3) is 4.03. The third-order valence-electron chi connectivity index (χ3n) is 3.63. The molecule has 1 amide bonds. The maximum absolute atomic E-state index is 12.8. The highest BCUT2D eigenvalue weighted by atomic mass is 19.1. The molecule has 0 aliphatic carbocycles. The Labute approximate surface area is 113 Å². The van der Waals surface area contributed by atoms with Crippen molar-refractivity contribution < 1.29 is 9.18 Å². The van der Waals surface area contributed by atoms with Crippen molar-refractivity contribution in [3.63, 3.8) is 0 Å². The van der Waals surface area contributed by atoms with Crippen molar-refractivity contribution >= 4 is 5.91 Å². The van der Waals surface area contributed by atoms with Gasteiger partial charge < -0.3 is 10.2 Å². The van der Waals surface area contributed by atoms with E-state index in [0.29, 0.717) is 6.54 Å². The molecule has 1 heterocycles. The number of hydrogen-bond donors (Lipinski definition) is 1. The van der Waals surface area contributed by atoms with Crippen molar-refractivity contribution in [3.05, 3.63) is 35.6 Å². The Morgan fingerprint density at radius 3 is 2.74 bits per heavy atom. The van der Waals surface area contributed by atoms with E-state index < -0.39 is 0 Å². The molecule has 0 aromatic heterocycles. The Kier molecular flexibility index (Phi) is 4.91. The molecule has 2 rings (SSSR count). The topological polar surface area (TPSA) is 32.3 Å². The molecule has 0 bridgehead atoms. The average molecular weight is 264 g/mol. The summed E-state index contributed by atoms with van der Waals surface area (Å²) in [7, 11) is 1.84. The molecule has 1 unspecified atom stereocenters. The number of piperidine rings is 1. The molecule has 0 saturated carbocycles. The van der Waals surface area contributed by atoms with Gasteiger partial charge in [0.1, 0.15) is 5.82 Å². The van der Waals surface area contributed by atoms with Crippen LogP contribution in [0.3, 0.4) is 0 Å². The molecule has 0 radical (unpaired) electrons. The van der Waals surface area contributed by atoms with Crippen LogP contribution in [-0.2, 0) is 11.2 Å². The molecule has 1 N–H and O–H groups in total. The van der Waals surface area contributed by atoms with Crippen molar-refractivity contribution in [3.8, 4) is 0 Å². The first-order chi connectivity index (χ1) is 9.16. The summed E-state index contributed by atoms with van der Waals surface area (Å²) in [4.78, 5) is 13.9. The molecule has 1 saturated heterocycles. The van der Waals surface area contributed by atoms with Crippen LogP contribution in [-0.4, -0.2) is 37.0 Å². The Morgan fingerprint density at radius 1 is 1.37 bits per heavy atom. The molecule has 1 fully saturated rings. The van der Waals surface area contributed by atoms with E-state index in [0.717, 1.165) is 37.8 Å². The molecule has 4 heteroatoms. The first-order valence-corrected chi connectivity index (χ1v) is 6.89. The Morgan fingerprint density at radius 2 is 2.11 bits per heavy atom. The number of carbonyl (C=O) groups excluding carboxylic acids is 1. The van der Waals surface area contributed by atoms with Gasteiger partial charge in [0.15, 0.2) is 0 Å². The molecular formula is C15H21FN2O. The van der Waals surface area contributed by atoms with Crippen LogP contribution in [0.15, 0.2) is 24.3 Å². The zero-order chi connectivity index (χ0) is 13.7. The highest BCUT2D eigenvalue weighted by Gasteiger charge is 2.23. The number of benzene rings is 1. The molecule has 19 heavy (non-hydrogen) atoms. The van der Waals surface area contributed by atoms with Crippen LogP contribution in [0.5, 0.6) is 0 Å². The van der Waals surface area contributed by atoms with Gasteiger partial charge in [-0.05, 0) is 43.5 Å². The van der Waals surface area contributed by atoms with Gasteiger partial charge in [0.2, 0.25) is 5.91 Å². The van der Waals surface area contributed by atoms with Crippen LogP contribution >= 0.6 is 0 Å². The lowest BCUT2D eigenvalue weighted by Crippen LogP contribution is -2.47. The van der Waals surface area contributed by atoms with Crippen molar-refractivity contribution in [2.45, 2.75) is 31.7 Å². The van der Waals surface area contributed by atoms with Crippen molar-refractivity contribution in [2.24, 2.45) is 0 Å². The number of carbonyl (C=O) groups is 1. The molecule has 1 atom stereocenters. The van der Waals surface area contributed by atoms with Gasteiger partial charge in [0, 0.05) is 13.6 Å². The molecule has 1 aromatic rings. The summed E-state index contributed by atoms with van der Waals surface area (Å²) >= 11 is 0. The molecule has 0 spiro atoms. The number of amides is 1. The second kappa shape index (κ2) is 6.66. The maximum Gasteiger partial charge on any atom is 0.239 e. The third-order valence-corrected chi connectivity index (χ3v) is 3.63. The minimum atomic E-state index is -0.223. The Balaban J connectivity index is 1.81. The number of hydrogen-bond acceptors (Lipinski definition) is 2. The number of rotatable bonds is 4. The van der Waals surface area contributed by atoms with Crippen LogP contribution in [0.25, 0.3) is 0 Å². The molecule has 1 aliphatic rings. The monoisotopic (exact) mass is 264 g/mol. The van der Waals surface area contributed by atoms with E-state index in [2.05, 4.69) is 5.32 Å². The minimum Gasteiger partial charge on any atom is -0.344 e. The standard InChI is InChI=1S/C15H21FN2O/c1-18(15(19)14-4-2-3-10-17-14)11-9-12-5-7-13(16)8-6-12/h5-8,14,17H,2-4,9-11H2,1H3. The van der Waals surface area contributed by atoms with Gasteiger partial charge in [0.05, 0.1) is 6.04 Å². The summed E-state index contributed by atoms with van der Waals surface area (Å²) in [5, 5.41) is 3.26. The molecule has 1 aromatic carbocycles. The largest absolute Gasteiger partial charge is 0.344 e. The summed E-state index contributed by atoms with van der Waals surface area (Å²) in [6.07, 6.45) is 3.97. The lowest BCUT2D eigenvalue weighted by atomic mass is 10.0. The summed E-state index contributed by atoms with van der Waals surface area (Å²) in [6.45, 7) is 1.60. The van der Waals surface area contributed by atoms with Crippen LogP contribution < -0.4 is 5.32 Å². The Bertz CT molecular complexity index is 413. The van der Waals surface area contributed by atoms with Crippen LogP contribution in [0.2, 0.25) is 0 Å². The minimum absolute atomic E-state index is 0.0213. The zero-order valence-electron chi connectivity index (χ0n) is 11.4. The highest BCUT2D eigenvalue weighted by Crippen LogP contribution is 2.10. The van der Waals surface area contributed by atoms with Crippen molar-refractivity contribution in [2.75, 3.05) is 20.1 Å². The van der Waals surface area contributed by atoms with Gasteiger partial charge in [-0.1, -0.05) is 18.6 Å². The number of nitrogens with zero attached hydrogens (tertiary/aromatic N) is 1. The quantitative estimate of drug-likeness (QED) is 0.901. The van der Waals surface area contributed by atoms with E-state index in [1.807, 2.05) is 7.05 Å². The molecule has 104 valence electrons. The van der Waals surface area contributed by atoms with Gasteiger partial charge in [-0.3, -0.25) is 4.79 Å². The van der Waals surface area contributed by atoms with Crippen molar-refractivity contribution in [1.82, 2.24) is 10.2 Å². The summed E-state index contributed by atoms with van der Waals surface area (Å²) < 4.78 is 12.8. The van der Waals surface area contributed by atoms with Crippen LogP contribution in [0, 0.1) is 5.82 Å². The fourth-order valence-corrected chi connectivity index (χ4v) is 2.39. The molecule has 1 aliphatic heterocycles. The second-order valence-corrected chi connectivity index (χ2v) is 5.14.